The third-order valence-electron chi connectivity index (χ3n) is 4.99. The number of hydrogen-bond donors (Lipinski definition) is 0. The maximum Gasteiger partial charge on any atom is 0.311 e. The molecule has 1 heterocycles. The van der Waals surface area contributed by atoms with Crippen molar-refractivity contribution < 1.29 is 24.0 Å². The Hall–Kier alpha value is -3.55. The molecule has 1 aliphatic rings. The van der Waals surface area contributed by atoms with Crippen molar-refractivity contribution in [2.45, 2.75) is 20.3 Å². The fourth-order valence-electron chi connectivity index (χ4n) is 3.14. The number of aryl methyl sites for hydroxylation is 2. The van der Waals surface area contributed by atoms with E-state index >= 15 is 0 Å². The van der Waals surface area contributed by atoms with E-state index in [9.17, 15) is 24.5 Å². The first-order chi connectivity index (χ1) is 13.8. The lowest BCUT2D eigenvalue weighted by Crippen LogP contribution is -2.27. The standard InChI is InChI=1S/C21H20N2O6/c1-13-6-7-17(8-14(13)2)22-11-16(10-20(22)25)21(26)29-12-19(24)15-4-3-5-18(9-15)23(27)28/h3-9,16H,10-12H2,1-2H3/t16-/m0/s1. The quantitative estimate of drug-likeness (QED) is 0.322. The molecule has 2 aromatic rings. The van der Waals surface area contributed by atoms with Gasteiger partial charge in [-0.05, 0) is 37.1 Å². The summed E-state index contributed by atoms with van der Waals surface area (Å²) in [6.45, 7) is 3.58. The third kappa shape index (κ3) is 4.48. The molecule has 8 heteroatoms. The summed E-state index contributed by atoms with van der Waals surface area (Å²) in [5.74, 6) is -2.02. The highest BCUT2D eigenvalue weighted by Crippen LogP contribution is 2.27. The second kappa shape index (κ2) is 8.22. The molecule has 2 aromatic carbocycles. The average molecular weight is 396 g/mol. The Morgan fingerprint density at radius 1 is 1.17 bits per heavy atom. The number of non-ortho nitro benzene ring substituents is 1. The number of Topliss-reactive ketones (excluding diaryl/α,β-unsaturated/α-hetero) is 1. The van der Waals surface area contributed by atoms with Crippen LogP contribution in [0.5, 0.6) is 0 Å². The number of ketones is 1. The van der Waals surface area contributed by atoms with Gasteiger partial charge in [-0.15, -0.1) is 0 Å². The Morgan fingerprint density at radius 3 is 2.62 bits per heavy atom. The Morgan fingerprint density at radius 2 is 1.93 bits per heavy atom. The van der Waals surface area contributed by atoms with Crippen molar-refractivity contribution in [3.63, 3.8) is 0 Å². The number of nitrogens with zero attached hydrogens (tertiary/aromatic N) is 2. The van der Waals surface area contributed by atoms with Crippen LogP contribution in [0.15, 0.2) is 42.5 Å². The molecule has 29 heavy (non-hydrogen) atoms. The van der Waals surface area contributed by atoms with Crippen molar-refractivity contribution in [1.82, 2.24) is 0 Å². The van der Waals surface area contributed by atoms with Gasteiger partial charge in [0.05, 0.1) is 10.8 Å². The zero-order valence-corrected chi connectivity index (χ0v) is 16.1. The molecule has 150 valence electrons. The molecule has 0 N–H and O–H groups in total. The molecule has 1 saturated heterocycles. The number of carbonyl (C=O) groups excluding carboxylic acids is 3. The van der Waals surface area contributed by atoms with Gasteiger partial charge in [-0.2, -0.15) is 0 Å². The first-order valence-corrected chi connectivity index (χ1v) is 9.08. The minimum atomic E-state index is -0.665. The Bertz CT molecular complexity index is 1000. The molecule has 0 bridgehead atoms. The first kappa shape index (κ1) is 20.2. The zero-order valence-electron chi connectivity index (χ0n) is 16.1. The average Bonchev–Trinajstić information content (AvgIpc) is 3.09. The van der Waals surface area contributed by atoms with Gasteiger partial charge in [-0.25, -0.2) is 0 Å². The number of nitro benzene ring substituents is 1. The number of benzene rings is 2. The minimum absolute atomic E-state index is 0.0107. The summed E-state index contributed by atoms with van der Waals surface area (Å²) in [5.41, 5.74) is 2.75. The number of esters is 1. The summed E-state index contributed by atoms with van der Waals surface area (Å²) >= 11 is 0. The monoisotopic (exact) mass is 396 g/mol. The van der Waals surface area contributed by atoms with Crippen LogP contribution >= 0.6 is 0 Å². The van der Waals surface area contributed by atoms with Gasteiger partial charge >= 0.3 is 5.97 Å². The number of rotatable bonds is 6. The highest BCUT2D eigenvalue weighted by Gasteiger charge is 2.36. The fraction of sp³-hybridized carbons (Fsp3) is 0.286. The van der Waals surface area contributed by atoms with E-state index in [1.165, 1.54) is 18.2 Å². The molecule has 1 fully saturated rings. The van der Waals surface area contributed by atoms with Crippen molar-refractivity contribution in [2.24, 2.45) is 5.92 Å². The molecule has 0 unspecified atom stereocenters. The Balaban J connectivity index is 1.60. The lowest BCUT2D eigenvalue weighted by atomic mass is 10.1. The topological polar surface area (TPSA) is 107 Å². The van der Waals surface area contributed by atoms with E-state index in [1.54, 1.807) is 4.90 Å². The van der Waals surface area contributed by atoms with E-state index in [0.717, 1.165) is 22.9 Å². The van der Waals surface area contributed by atoms with Crippen molar-refractivity contribution in [3.8, 4) is 0 Å². The highest BCUT2D eigenvalue weighted by atomic mass is 16.6. The van der Waals surface area contributed by atoms with Crippen LogP contribution in [0, 0.1) is 29.9 Å². The van der Waals surface area contributed by atoms with E-state index in [4.69, 9.17) is 4.74 Å². The summed E-state index contributed by atoms with van der Waals surface area (Å²) in [6.07, 6.45) is 0.0107. The van der Waals surface area contributed by atoms with Gasteiger partial charge < -0.3 is 9.64 Å². The van der Waals surface area contributed by atoms with Crippen molar-refractivity contribution >= 4 is 29.0 Å². The van der Waals surface area contributed by atoms with Crippen LogP contribution in [0.3, 0.4) is 0 Å². The summed E-state index contributed by atoms with van der Waals surface area (Å²) in [4.78, 5) is 48.6. The molecule has 1 atom stereocenters. The summed E-state index contributed by atoms with van der Waals surface area (Å²) in [5, 5.41) is 10.8. The van der Waals surface area contributed by atoms with Crippen LogP contribution in [-0.2, 0) is 14.3 Å². The normalized spacial score (nSPS) is 16.0. The lowest BCUT2D eigenvalue weighted by molar-refractivity contribution is -0.384. The van der Waals surface area contributed by atoms with Crippen molar-refractivity contribution in [3.05, 3.63) is 69.3 Å². The van der Waals surface area contributed by atoms with Gasteiger partial charge in [0.1, 0.15) is 0 Å². The van der Waals surface area contributed by atoms with E-state index < -0.39 is 29.2 Å². The molecule has 3 rings (SSSR count). The molecular formula is C21H20N2O6. The van der Waals surface area contributed by atoms with Crippen LogP contribution < -0.4 is 4.90 Å². The van der Waals surface area contributed by atoms with Gasteiger partial charge in [-0.1, -0.05) is 18.2 Å². The molecule has 1 amide bonds. The second-order valence-corrected chi connectivity index (χ2v) is 7.01. The Kier molecular flexibility index (Phi) is 5.72. The second-order valence-electron chi connectivity index (χ2n) is 7.01. The van der Waals surface area contributed by atoms with Crippen LogP contribution in [0.25, 0.3) is 0 Å². The van der Waals surface area contributed by atoms with E-state index in [0.29, 0.717) is 0 Å². The molecule has 0 spiro atoms. The SMILES string of the molecule is Cc1ccc(N2C[C@@H](C(=O)OCC(=O)c3cccc([N+](=O)[O-])c3)CC2=O)cc1C. The van der Waals surface area contributed by atoms with E-state index in [1.807, 2.05) is 32.0 Å². The third-order valence-corrected chi connectivity index (χ3v) is 4.99. The molecule has 1 aliphatic heterocycles. The lowest BCUT2D eigenvalue weighted by Gasteiger charge is -2.17. The summed E-state index contributed by atoms with van der Waals surface area (Å²) < 4.78 is 5.08. The molecule has 0 aliphatic carbocycles. The largest absolute Gasteiger partial charge is 0.457 e. The number of ether oxygens (including phenoxy) is 1. The van der Waals surface area contributed by atoms with Crippen LogP contribution in [0.1, 0.15) is 27.9 Å². The number of carbonyl (C=O) groups is 3. The molecular weight excluding hydrogens is 376 g/mol. The molecule has 0 saturated carbocycles. The van der Waals surface area contributed by atoms with Crippen molar-refractivity contribution in [2.75, 3.05) is 18.1 Å². The number of hydrogen-bond acceptors (Lipinski definition) is 6. The Labute approximate surface area is 167 Å². The first-order valence-electron chi connectivity index (χ1n) is 9.08. The maximum atomic E-state index is 12.3. The minimum Gasteiger partial charge on any atom is -0.457 e. The highest BCUT2D eigenvalue weighted by molar-refractivity contribution is 6.01. The molecule has 0 aromatic heterocycles. The van der Waals surface area contributed by atoms with Gasteiger partial charge in [0.2, 0.25) is 11.7 Å². The van der Waals surface area contributed by atoms with Gasteiger partial charge in [-0.3, -0.25) is 24.5 Å². The summed E-state index contributed by atoms with van der Waals surface area (Å²) in [6, 6.07) is 10.9. The number of nitro groups is 1. The van der Waals surface area contributed by atoms with Crippen LogP contribution in [0.2, 0.25) is 0 Å². The predicted octanol–water partition coefficient (Wildman–Crippen LogP) is 2.99. The predicted molar refractivity (Wildman–Crippen MR) is 105 cm³/mol. The van der Waals surface area contributed by atoms with Crippen molar-refractivity contribution in [1.29, 1.82) is 0 Å². The fourth-order valence-corrected chi connectivity index (χ4v) is 3.14. The van der Waals surface area contributed by atoms with E-state index in [2.05, 4.69) is 0 Å². The summed E-state index contributed by atoms with van der Waals surface area (Å²) in [7, 11) is 0. The molecule has 8 nitrogen and oxygen atoms in total. The van der Waals surface area contributed by atoms with Crippen LogP contribution in [0.4, 0.5) is 11.4 Å². The zero-order chi connectivity index (χ0) is 21.1. The van der Waals surface area contributed by atoms with E-state index in [-0.39, 0.29) is 30.1 Å². The van der Waals surface area contributed by atoms with Gasteiger partial charge in [0.25, 0.3) is 5.69 Å². The smallest absolute Gasteiger partial charge is 0.311 e. The van der Waals surface area contributed by atoms with Gasteiger partial charge in [0.15, 0.2) is 6.61 Å². The maximum absolute atomic E-state index is 12.3. The van der Waals surface area contributed by atoms with Crippen LogP contribution in [-0.4, -0.2) is 35.7 Å². The number of amides is 1. The number of anilines is 1. The van der Waals surface area contributed by atoms with Gasteiger partial charge in [0, 0.05) is 36.3 Å². The molecule has 0 radical (unpaired) electrons.